The van der Waals surface area contributed by atoms with Gasteiger partial charge in [-0.05, 0) is 12.5 Å². The summed E-state index contributed by atoms with van der Waals surface area (Å²) in [6.45, 7) is 9.70. The molecule has 2 N–H and O–H groups in total. The Labute approximate surface area is 107 Å². The third kappa shape index (κ3) is 4.44. The van der Waals surface area contributed by atoms with Gasteiger partial charge in [-0.1, -0.05) is 27.7 Å². The van der Waals surface area contributed by atoms with Gasteiger partial charge in [0.15, 0.2) is 5.13 Å². The maximum absolute atomic E-state index is 11.8. The van der Waals surface area contributed by atoms with Crippen LogP contribution in [0.5, 0.6) is 0 Å². The summed E-state index contributed by atoms with van der Waals surface area (Å²) in [5.41, 5.74) is 1.03. The van der Waals surface area contributed by atoms with Crippen LogP contribution in [0.15, 0.2) is 5.38 Å². The summed E-state index contributed by atoms with van der Waals surface area (Å²) in [4.78, 5) is 16.2. The first kappa shape index (κ1) is 14.1. The molecular formula is C12H21N3OS. The third-order valence-corrected chi connectivity index (χ3v) is 3.27. The minimum Gasteiger partial charge on any atom is -0.316 e. The minimum absolute atomic E-state index is 0.0237. The Balaban J connectivity index is 2.49. The van der Waals surface area contributed by atoms with Crippen molar-refractivity contribution in [3.63, 3.8) is 0 Å². The van der Waals surface area contributed by atoms with Gasteiger partial charge >= 0.3 is 0 Å². The lowest BCUT2D eigenvalue weighted by atomic mass is 10.1. The maximum atomic E-state index is 11.8. The van der Waals surface area contributed by atoms with Gasteiger partial charge in [0.05, 0.1) is 5.69 Å². The predicted molar refractivity (Wildman–Crippen MR) is 72.5 cm³/mol. The average molecular weight is 255 g/mol. The number of nitrogens with one attached hydrogen (secondary N) is 2. The molecule has 1 aromatic rings. The number of aromatic nitrogens is 1. The first-order valence-electron chi connectivity index (χ1n) is 6.01. The van der Waals surface area contributed by atoms with E-state index in [0.29, 0.717) is 17.6 Å². The molecule has 1 heterocycles. The van der Waals surface area contributed by atoms with E-state index in [0.717, 1.165) is 12.2 Å². The molecule has 96 valence electrons. The van der Waals surface area contributed by atoms with Gasteiger partial charge in [0.2, 0.25) is 5.91 Å². The fourth-order valence-electron chi connectivity index (χ4n) is 1.29. The van der Waals surface area contributed by atoms with Crippen molar-refractivity contribution in [1.82, 2.24) is 10.3 Å². The van der Waals surface area contributed by atoms with E-state index in [4.69, 9.17) is 0 Å². The van der Waals surface area contributed by atoms with Crippen LogP contribution in [0.3, 0.4) is 0 Å². The molecule has 1 amide bonds. The van der Waals surface area contributed by atoms with Crippen LogP contribution >= 0.6 is 11.3 Å². The molecule has 4 nitrogen and oxygen atoms in total. The number of thiazole rings is 1. The number of nitrogens with zero attached hydrogens (tertiary/aromatic N) is 1. The van der Waals surface area contributed by atoms with E-state index in [-0.39, 0.29) is 11.8 Å². The van der Waals surface area contributed by atoms with E-state index < -0.39 is 0 Å². The van der Waals surface area contributed by atoms with Crippen LogP contribution in [0.1, 0.15) is 39.3 Å². The smallest absolute Gasteiger partial charge is 0.230 e. The van der Waals surface area contributed by atoms with E-state index in [1.165, 1.54) is 11.3 Å². The van der Waals surface area contributed by atoms with Crippen molar-refractivity contribution in [1.29, 1.82) is 0 Å². The monoisotopic (exact) mass is 255 g/mol. The average Bonchev–Trinajstić information content (AvgIpc) is 2.74. The summed E-state index contributed by atoms with van der Waals surface area (Å²) in [6.07, 6.45) is 0. The Morgan fingerprint density at radius 3 is 2.71 bits per heavy atom. The van der Waals surface area contributed by atoms with Crippen LogP contribution in [0.2, 0.25) is 0 Å². The van der Waals surface area contributed by atoms with E-state index in [1.807, 2.05) is 19.2 Å². The Morgan fingerprint density at radius 2 is 2.18 bits per heavy atom. The van der Waals surface area contributed by atoms with Crippen molar-refractivity contribution in [2.24, 2.45) is 5.92 Å². The van der Waals surface area contributed by atoms with Gasteiger partial charge in [0, 0.05) is 17.8 Å². The highest BCUT2D eigenvalue weighted by atomic mass is 32.1. The highest BCUT2D eigenvalue weighted by Crippen LogP contribution is 2.21. The summed E-state index contributed by atoms with van der Waals surface area (Å²) in [5, 5.41) is 8.71. The van der Waals surface area contributed by atoms with Crippen LogP contribution in [0, 0.1) is 5.92 Å². The van der Waals surface area contributed by atoms with Crippen LogP contribution in [0.4, 0.5) is 5.13 Å². The minimum atomic E-state index is -0.0404. The fourth-order valence-corrected chi connectivity index (χ4v) is 2.17. The number of carbonyl (C=O) groups is 1. The number of hydrogen-bond acceptors (Lipinski definition) is 4. The maximum Gasteiger partial charge on any atom is 0.230 e. The Morgan fingerprint density at radius 1 is 1.47 bits per heavy atom. The van der Waals surface area contributed by atoms with Crippen LogP contribution in [-0.2, 0) is 4.79 Å². The quantitative estimate of drug-likeness (QED) is 0.821. The van der Waals surface area contributed by atoms with Crippen molar-refractivity contribution in [3.8, 4) is 0 Å². The Kier molecular flexibility index (Phi) is 5.58. The lowest BCUT2D eigenvalue weighted by Crippen LogP contribution is -2.30. The van der Waals surface area contributed by atoms with Gasteiger partial charge in [-0.25, -0.2) is 4.98 Å². The highest BCUT2D eigenvalue weighted by molar-refractivity contribution is 7.13. The molecule has 5 heteroatoms. The molecule has 0 saturated heterocycles. The molecule has 0 aromatic carbocycles. The molecule has 1 unspecified atom stereocenters. The molecule has 17 heavy (non-hydrogen) atoms. The molecule has 1 atom stereocenters. The zero-order valence-electron chi connectivity index (χ0n) is 10.9. The topological polar surface area (TPSA) is 54.0 Å². The molecule has 0 aliphatic rings. The van der Waals surface area contributed by atoms with Gasteiger partial charge in [-0.15, -0.1) is 11.3 Å². The van der Waals surface area contributed by atoms with Gasteiger partial charge in [-0.2, -0.15) is 0 Å². The summed E-state index contributed by atoms with van der Waals surface area (Å²) >= 11 is 1.48. The zero-order valence-corrected chi connectivity index (χ0v) is 11.7. The lowest BCUT2D eigenvalue weighted by molar-refractivity contribution is -0.119. The second-order valence-electron chi connectivity index (χ2n) is 4.43. The second-order valence-corrected chi connectivity index (χ2v) is 5.29. The van der Waals surface area contributed by atoms with E-state index in [2.05, 4.69) is 29.5 Å². The second kappa shape index (κ2) is 6.71. The van der Waals surface area contributed by atoms with Crippen LogP contribution in [0.25, 0.3) is 0 Å². The zero-order chi connectivity index (χ0) is 12.8. The molecule has 1 aromatic heterocycles. The van der Waals surface area contributed by atoms with Gasteiger partial charge in [0.1, 0.15) is 0 Å². The van der Waals surface area contributed by atoms with Crippen molar-refractivity contribution in [2.45, 2.75) is 33.6 Å². The molecule has 0 radical (unpaired) electrons. The third-order valence-electron chi connectivity index (χ3n) is 2.49. The van der Waals surface area contributed by atoms with Gasteiger partial charge < -0.3 is 10.6 Å². The van der Waals surface area contributed by atoms with E-state index in [1.54, 1.807) is 0 Å². The Bertz CT molecular complexity index is 362. The van der Waals surface area contributed by atoms with Crippen LogP contribution in [-0.4, -0.2) is 24.0 Å². The highest BCUT2D eigenvalue weighted by Gasteiger charge is 2.14. The van der Waals surface area contributed by atoms with Crippen molar-refractivity contribution < 1.29 is 4.79 Å². The Hall–Kier alpha value is -0.940. The summed E-state index contributed by atoms with van der Waals surface area (Å²) in [7, 11) is 0. The SMILES string of the molecule is CCNCC(C)C(=O)Nc1nc(C(C)C)cs1. The van der Waals surface area contributed by atoms with Crippen molar-refractivity contribution in [2.75, 3.05) is 18.4 Å². The first-order chi connectivity index (χ1) is 8.04. The summed E-state index contributed by atoms with van der Waals surface area (Å²) < 4.78 is 0. The summed E-state index contributed by atoms with van der Waals surface area (Å²) in [6, 6.07) is 0. The summed E-state index contributed by atoms with van der Waals surface area (Å²) in [5.74, 6) is 0.382. The molecule has 0 fully saturated rings. The first-order valence-corrected chi connectivity index (χ1v) is 6.89. The van der Waals surface area contributed by atoms with Crippen LogP contribution < -0.4 is 10.6 Å². The fraction of sp³-hybridized carbons (Fsp3) is 0.667. The molecule has 1 rings (SSSR count). The van der Waals surface area contributed by atoms with Crippen molar-refractivity contribution >= 4 is 22.4 Å². The number of hydrogen-bond donors (Lipinski definition) is 2. The standard InChI is InChI=1S/C12H21N3OS/c1-5-13-6-9(4)11(16)15-12-14-10(7-17-12)8(2)3/h7-9,13H,5-6H2,1-4H3,(H,14,15,16). The molecule has 0 aliphatic heterocycles. The number of amides is 1. The molecular weight excluding hydrogens is 234 g/mol. The normalized spacial score (nSPS) is 12.8. The predicted octanol–water partition coefficient (Wildman–Crippen LogP) is 2.45. The van der Waals surface area contributed by atoms with Gasteiger partial charge in [-0.3, -0.25) is 4.79 Å². The number of rotatable bonds is 6. The van der Waals surface area contributed by atoms with E-state index >= 15 is 0 Å². The molecule has 0 saturated carbocycles. The number of carbonyl (C=O) groups excluding carboxylic acids is 1. The number of anilines is 1. The van der Waals surface area contributed by atoms with Gasteiger partial charge in [0.25, 0.3) is 0 Å². The van der Waals surface area contributed by atoms with Crippen molar-refractivity contribution in [3.05, 3.63) is 11.1 Å². The molecule has 0 bridgehead atoms. The van der Waals surface area contributed by atoms with E-state index in [9.17, 15) is 4.79 Å². The molecule has 0 aliphatic carbocycles. The largest absolute Gasteiger partial charge is 0.316 e. The lowest BCUT2D eigenvalue weighted by Gasteiger charge is -2.10. The molecule has 0 spiro atoms.